The first-order valence-corrected chi connectivity index (χ1v) is 12.6. The summed E-state index contributed by atoms with van der Waals surface area (Å²) in [5.41, 5.74) is 1.75. The SMILES string of the molecule is CCCc1nn(C)c2c(=O)[nH]c(-c3cc(S(=O)(=O)N4CCN(C)CC4)ccc3OCC)nc12.Cl. The molecule has 186 valence electrons. The first-order chi connectivity index (χ1) is 15.8. The minimum absolute atomic E-state index is 0. The Morgan fingerprint density at radius 1 is 1.12 bits per heavy atom. The summed E-state index contributed by atoms with van der Waals surface area (Å²) in [6, 6.07) is 4.71. The molecule has 1 aliphatic heterocycles. The van der Waals surface area contributed by atoms with Crippen molar-refractivity contribution in [1.29, 1.82) is 0 Å². The molecule has 4 rings (SSSR count). The number of hydrogen-bond donors (Lipinski definition) is 1. The summed E-state index contributed by atoms with van der Waals surface area (Å²) in [6.45, 7) is 6.48. The van der Waals surface area contributed by atoms with E-state index in [2.05, 4.69) is 15.0 Å². The molecule has 12 heteroatoms. The van der Waals surface area contributed by atoms with Crippen LogP contribution in [0.1, 0.15) is 26.0 Å². The van der Waals surface area contributed by atoms with E-state index >= 15 is 0 Å². The van der Waals surface area contributed by atoms with Crippen LogP contribution in [0.2, 0.25) is 0 Å². The van der Waals surface area contributed by atoms with Crippen LogP contribution in [0.3, 0.4) is 0 Å². The van der Waals surface area contributed by atoms with Crippen molar-refractivity contribution in [3.8, 4) is 17.1 Å². The minimum Gasteiger partial charge on any atom is -0.493 e. The van der Waals surface area contributed by atoms with E-state index in [1.165, 1.54) is 8.99 Å². The molecular formula is C22H31ClN6O4S. The highest BCUT2D eigenvalue weighted by molar-refractivity contribution is 7.89. The number of sulfonamides is 1. The number of aromatic amines is 1. The van der Waals surface area contributed by atoms with E-state index in [4.69, 9.17) is 9.72 Å². The van der Waals surface area contributed by atoms with Gasteiger partial charge in [-0.05, 0) is 38.6 Å². The molecule has 0 bridgehead atoms. The maximum Gasteiger partial charge on any atom is 0.277 e. The van der Waals surface area contributed by atoms with Crippen molar-refractivity contribution in [2.24, 2.45) is 7.05 Å². The number of nitrogens with one attached hydrogen (secondary N) is 1. The Labute approximate surface area is 205 Å². The molecule has 0 radical (unpaired) electrons. The van der Waals surface area contributed by atoms with Crippen molar-refractivity contribution in [3.05, 3.63) is 34.2 Å². The monoisotopic (exact) mass is 510 g/mol. The molecule has 1 aliphatic rings. The van der Waals surface area contributed by atoms with Gasteiger partial charge in [0, 0.05) is 33.2 Å². The lowest BCUT2D eigenvalue weighted by atomic mass is 10.1. The topological polar surface area (TPSA) is 113 Å². The summed E-state index contributed by atoms with van der Waals surface area (Å²) < 4.78 is 35.4. The number of piperazine rings is 1. The smallest absolute Gasteiger partial charge is 0.277 e. The Bertz CT molecular complexity index is 1330. The molecule has 1 N–H and O–H groups in total. The maximum absolute atomic E-state index is 13.3. The summed E-state index contributed by atoms with van der Waals surface area (Å²) in [5.74, 6) is 0.718. The van der Waals surface area contributed by atoms with Gasteiger partial charge in [-0.15, -0.1) is 12.4 Å². The molecule has 0 amide bonds. The fourth-order valence-corrected chi connectivity index (χ4v) is 5.54. The van der Waals surface area contributed by atoms with Gasteiger partial charge in [0.15, 0.2) is 5.52 Å². The lowest BCUT2D eigenvalue weighted by Crippen LogP contribution is -2.47. The largest absolute Gasteiger partial charge is 0.493 e. The van der Waals surface area contributed by atoms with Gasteiger partial charge >= 0.3 is 0 Å². The van der Waals surface area contributed by atoms with E-state index in [9.17, 15) is 13.2 Å². The van der Waals surface area contributed by atoms with Crippen molar-refractivity contribution in [2.75, 3.05) is 39.8 Å². The van der Waals surface area contributed by atoms with Gasteiger partial charge < -0.3 is 14.6 Å². The average Bonchev–Trinajstić information content (AvgIpc) is 3.10. The third-order valence-electron chi connectivity index (χ3n) is 5.86. The summed E-state index contributed by atoms with van der Waals surface area (Å²) in [7, 11) is -0.00831. The normalized spacial score (nSPS) is 15.4. The second kappa shape index (κ2) is 10.4. The van der Waals surface area contributed by atoms with Crippen molar-refractivity contribution in [1.82, 2.24) is 29.0 Å². The molecule has 0 atom stereocenters. The predicted octanol–water partition coefficient (Wildman–Crippen LogP) is 2.03. The highest BCUT2D eigenvalue weighted by Gasteiger charge is 2.29. The molecular weight excluding hydrogens is 480 g/mol. The summed E-state index contributed by atoms with van der Waals surface area (Å²) >= 11 is 0. The van der Waals surface area contributed by atoms with Crippen LogP contribution in [0.5, 0.6) is 5.75 Å². The second-order valence-electron chi connectivity index (χ2n) is 8.23. The number of hydrogen-bond acceptors (Lipinski definition) is 7. The number of benzene rings is 1. The van der Waals surface area contributed by atoms with Crippen LogP contribution in [-0.2, 0) is 23.5 Å². The molecule has 3 aromatic rings. The number of halogens is 1. The average molecular weight is 511 g/mol. The van der Waals surface area contributed by atoms with Gasteiger partial charge in [-0.1, -0.05) is 13.3 Å². The number of H-pyrrole nitrogens is 1. The van der Waals surface area contributed by atoms with Crippen LogP contribution < -0.4 is 10.3 Å². The second-order valence-corrected chi connectivity index (χ2v) is 10.2. The van der Waals surface area contributed by atoms with Gasteiger partial charge in [-0.25, -0.2) is 13.4 Å². The van der Waals surface area contributed by atoms with Gasteiger partial charge in [0.25, 0.3) is 5.56 Å². The molecule has 34 heavy (non-hydrogen) atoms. The Morgan fingerprint density at radius 3 is 2.47 bits per heavy atom. The van der Waals surface area contributed by atoms with Gasteiger partial charge in [0.1, 0.15) is 17.1 Å². The Morgan fingerprint density at radius 2 is 1.82 bits per heavy atom. The number of fused-ring (bicyclic) bond motifs is 1. The van der Waals surface area contributed by atoms with Gasteiger partial charge in [-0.3, -0.25) is 9.48 Å². The van der Waals surface area contributed by atoms with Crippen molar-refractivity contribution < 1.29 is 13.2 Å². The Hall–Kier alpha value is -2.47. The lowest BCUT2D eigenvalue weighted by Gasteiger charge is -2.31. The molecule has 0 aliphatic carbocycles. The highest BCUT2D eigenvalue weighted by atomic mass is 35.5. The number of nitrogens with zero attached hydrogens (tertiary/aromatic N) is 5. The fraction of sp³-hybridized carbons (Fsp3) is 0.500. The Balaban J connectivity index is 0.00000324. The molecule has 1 saturated heterocycles. The first-order valence-electron chi connectivity index (χ1n) is 11.2. The summed E-state index contributed by atoms with van der Waals surface area (Å²) in [6.07, 6.45) is 1.54. The molecule has 0 spiro atoms. The van der Waals surface area contributed by atoms with Crippen LogP contribution in [0.25, 0.3) is 22.4 Å². The third-order valence-corrected chi connectivity index (χ3v) is 7.75. The van der Waals surface area contributed by atoms with Crippen molar-refractivity contribution in [2.45, 2.75) is 31.6 Å². The van der Waals surface area contributed by atoms with Crippen LogP contribution in [0.15, 0.2) is 27.9 Å². The predicted molar refractivity (Wildman–Crippen MR) is 133 cm³/mol. The van der Waals surface area contributed by atoms with Gasteiger partial charge in [-0.2, -0.15) is 9.40 Å². The van der Waals surface area contributed by atoms with Crippen LogP contribution in [0.4, 0.5) is 0 Å². The van der Waals surface area contributed by atoms with Gasteiger partial charge in [0.05, 0.1) is 22.8 Å². The number of aromatic nitrogens is 4. The van der Waals surface area contributed by atoms with E-state index in [0.717, 1.165) is 12.1 Å². The van der Waals surface area contributed by atoms with E-state index in [1.54, 1.807) is 25.2 Å². The molecule has 1 aromatic carbocycles. The third kappa shape index (κ3) is 4.83. The fourth-order valence-electron chi connectivity index (χ4n) is 4.09. The van der Waals surface area contributed by atoms with Crippen LogP contribution >= 0.6 is 12.4 Å². The van der Waals surface area contributed by atoms with E-state index < -0.39 is 10.0 Å². The van der Waals surface area contributed by atoms with E-state index in [1.807, 2.05) is 20.9 Å². The molecule has 10 nitrogen and oxygen atoms in total. The number of likely N-dealkylation sites (N-methyl/N-ethyl adjacent to an activating group) is 1. The first kappa shape index (κ1) is 26.1. The molecule has 1 fully saturated rings. The standard InChI is InChI=1S/C22H30N6O4S.ClH/c1-5-7-17-19-20(27(4)25-17)22(29)24-21(23-19)16-14-15(8-9-18(16)32-6-2)33(30,31)28-12-10-26(3)11-13-28;/h8-9,14H,5-7,10-13H2,1-4H3,(H,23,24,29);1H. The number of ether oxygens (including phenoxy) is 1. The van der Waals surface area contributed by atoms with Crippen molar-refractivity contribution >= 4 is 33.5 Å². The van der Waals surface area contributed by atoms with Crippen molar-refractivity contribution in [3.63, 3.8) is 0 Å². The molecule has 0 saturated carbocycles. The molecule has 3 heterocycles. The van der Waals surface area contributed by atoms with E-state index in [0.29, 0.717) is 61.6 Å². The van der Waals surface area contributed by atoms with Gasteiger partial charge in [0.2, 0.25) is 10.0 Å². The zero-order valence-corrected chi connectivity index (χ0v) is 21.5. The quantitative estimate of drug-likeness (QED) is 0.517. The Kier molecular flexibility index (Phi) is 8.02. The summed E-state index contributed by atoms with van der Waals surface area (Å²) in [5, 5.41) is 4.45. The molecule has 0 unspecified atom stereocenters. The van der Waals surface area contributed by atoms with E-state index in [-0.39, 0.29) is 28.7 Å². The maximum atomic E-state index is 13.3. The zero-order valence-electron chi connectivity index (χ0n) is 19.9. The number of rotatable bonds is 7. The zero-order chi connectivity index (χ0) is 23.8. The summed E-state index contributed by atoms with van der Waals surface area (Å²) in [4.78, 5) is 22.7. The highest BCUT2D eigenvalue weighted by Crippen LogP contribution is 2.32. The van der Waals surface area contributed by atoms with Crippen LogP contribution in [-0.4, -0.2) is 77.2 Å². The number of aryl methyl sites for hydroxylation is 2. The lowest BCUT2D eigenvalue weighted by molar-refractivity contribution is 0.222. The minimum atomic E-state index is -3.70. The van der Waals surface area contributed by atoms with Crippen LogP contribution in [0, 0.1) is 0 Å². The molecule has 2 aromatic heterocycles.